The van der Waals surface area contributed by atoms with Gasteiger partial charge < -0.3 is 10.8 Å². The highest BCUT2D eigenvalue weighted by molar-refractivity contribution is 6.30. The van der Waals surface area contributed by atoms with Crippen molar-refractivity contribution in [2.24, 2.45) is 5.73 Å². The Hall–Kier alpha value is -0.280. The Labute approximate surface area is 102 Å². The molecule has 4 heteroatoms. The van der Waals surface area contributed by atoms with Crippen LogP contribution in [0.15, 0.2) is 18.2 Å². The number of halogens is 2. The number of aliphatic hydroxyl groups excluding tert-OH is 1. The van der Waals surface area contributed by atoms with E-state index in [0.29, 0.717) is 11.4 Å². The molecule has 0 radical (unpaired) electrons. The van der Waals surface area contributed by atoms with Gasteiger partial charge in [-0.3, -0.25) is 0 Å². The highest BCUT2D eigenvalue weighted by atomic mass is 35.5. The van der Waals surface area contributed by atoms with Gasteiger partial charge >= 0.3 is 0 Å². The number of hydrogen-bond acceptors (Lipinski definition) is 2. The minimum Gasteiger partial charge on any atom is -0.391 e. The van der Waals surface area contributed by atoms with Crippen LogP contribution >= 0.6 is 24.0 Å². The lowest BCUT2D eigenvalue weighted by atomic mass is 9.96. The molecule has 86 valence electrons. The van der Waals surface area contributed by atoms with Crippen LogP contribution in [0.1, 0.15) is 30.5 Å². The van der Waals surface area contributed by atoms with E-state index in [-0.39, 0.29) is 18.4 Å². The second kappa shape index (κ2) is 6.33. The van der Waals surface area contributed by atoms with Crippen molar-refractivity contribution in [3.05, 3.63) is 34.3 Å². The van der Waals surface area contributed by atoms with Crippen LogP contribution in [0.3, 0.4) is 0 Å². The van der Waals surface area contributed by atoms with Gasteiger partial charge in [0, 0.05) is 5.02 Å². The fraction of sp³-hybridized carbons (Fsp3) is 0.455. The van der Waals surface area contributed by atoms with E-state index in [1.54, 1.807) is 6.07 Å². The summed E-state index contributed by atoms with van der Waals surface area (Å²) in [4.78, 5) is 0. The van der Waals surface area contributed by atoms with E-state index in [1.807, 2.05) is 26.0 Å². The smallest absolute Gasteiger partial charge is 0.0730 e. The lowest BCUT2D eigenvalue weighted by molar-refractivity contribution is 0.140. The largest absolute Gasteiger partial charge is 0.391 e. The van der Waals surface area contributed by atoms with Crippen molar-refractivity contribution in [3.8, 4) is 0 Å². The summed E-state index contributed by atoms with van der Waals surface area (Å²) < 4.78 is 0. The monoisotopic (exact) mass is 249 g/mol. The Morgan fingerprint density at radius 2 is 2.07 bits per heavy atom. The number of hydrogen-bond donors (Lipinski definition) is 2. The van der Waals surface area contributed by atoms with Crippen molar-refractivity contribution in [2.75, 3.05) is 0 Å². The molecule has 0 saturated carbocycles. The maximum atomic E-state index is 9.62. The third kappa shape index (κ3) is 3.65. The van der Waals surface area contributed by atoms with Crippen LogP contribution in [-0.2, 0) is 0 Å². The number of aliphatic hydroxyl groups is 1. The summed E-state index contributed by atoms with van der Waals surface area (Å²) in [6, 6.07) is 5.21. The number of rotatable bonds is 3. The minimum absolute atomic E-state index is 0. The van der Waals surface area contributed by atoms with Crippen molar-refractivity contribution in [2.45, 2.75) is 32.4 Å². The summed E-state index contributed by atoms with van der Waals surface area (Å²) in [5.74, 6) is 0. The average Bonchev–Trinajstić information content (AvgIpc) is 2.15. The van der Waals surface area contributed by atoms with Crippen molar-refractivity contribution >= 4 is 24.0 Å². The van der Waals surface area contributed by atoms with Gasteiger partial charge in [-0.1, -0.05) is 24.6 Å². The molecule has 0 aliphatic rings. The van der Waals surface area contributed by atoms with E-state index in [1.165, 1.54) is 0 Å². The standard InChI is InChI=1S/C11H16ClNO.ClH/c1-3-10(14)11(13)9-5-4-8(12)6-7(9)2;/h4-6,10-11,14H,3,13H2,1-2H3;1H/t10-,11+;/m0./s1. The van der Waals surface area contributed by atoms with Gasteiger partial charge in [-0.2, -0.15) is 0 Å². The summed E-state index contributed by atoms with van der Waals surface area (Å²) in [6.07, 6.45) is 0.165. The van der Waals surface area contributed by atoms with Crippen LogP contribution in [0, 0.1) is 6.92 Å². The number of nitrogens with two attached hydrogens (primary N) is 1. The number of benzene rings is 1. The molecular formula is C11H17Cl2NO. The van der Waals surface area contributed by atoms with Crippen LogP contribution in [0.2, 0.25) is 5.02 Å². The van der Waals surface area contributed by atoms with Gasteiger partial charge in [0.25, 0.3) is 0 Å². The molecule has 0 spiro atoms. The first kappa shape index (κ1) is 14.7. The van der Waals surface area contributed by atoms with E-state index in [9.17, 15) is 5.11 Å². The molecule has 2 atom stereocenters. The first-order chi connectivity index (χ1) is 6.56. The van der Waals surface area contributed by atoms with Gasteiger partial charge in [0.1, 0.15) is 0 Å². The van der Waals surface area contributed by atoms with Crippen LogP contribution in [0.25, 0.3) is 0 Å². The quantitative estimate of drug-likeness (QED) is 0.866. The molecule has 0 fully saturated rings. The Morgan fingerprint density at radius 3 is 2.53 bits per heavy atom. The predicted octanol–water partition coefficient (Wildman–Crippen LogP) is 2.84. The van der Waals surface area contributed by atoms with Gasteiger partial charge in [-0.05, 0) is 36.6 Å². The van der Waals surface area contributed by atoms with Crippen LogP contribution in [0.5, 0.6) is 0 Å². The van der Waals surface area contributed by atoms with E-state index in [2.05, 4.69) is 0 Å². The maximum Gasteiger partial charge on any atom is 0.0730 e. The lowest BCUT2D eigenvalue weighted by Crippen LogP contribution is -2.26. The van der Waals surface area contributed by atoms with Gasteiger partial charge in [-0.15, -0.1) is 12.4 Å². The van der Waals surface area contributed by atoms with Crippen molar-refractivity contribution in [1.82, 2.24) is 0 Å². The molecule has 2 nitrogen and oxygen atoms in total. The van der Waals surface area contributed by atoms with Crippen LogP contribution < -0.4 is 5.73 Å². The molecule has 15 heavy (non-hydrogen) atoms. The second-order valence-electron chi connectivity index (χ2n) is 3.50. The topological polar surface area (TPSA) is 46.2 Å². The second-order valence-corrected chi connectivity index (χ2v) is 3.94. The van der Waals surface area contributed by atoms with E-state index >= 15 is 0 Å². The van der Waals surface area contributed by atoms with E-state index in [4.69, 9.17) is 17.3 Å². The summed E-state index contributed by atoms with van der Waals surface area (Å²) in [7, 11) is 0. The SMILES string of the molecule is CC[C@H](O)[C@H](N)c1ccc(Cl)cc1C.Cl. The summed E-state index contributed by atoms with van der Waals surface area (Å²) >= 11 is 5.83. The van der Waals surface area contributed by atoms with Gasteiger partial charge in [0.2, 0.25) is 0 Å². The minimum atomic E-state index is -0.491. The normalized spacial score (nSPS) is 14.2. The zero-order valence-corrected chi connectivity index (χ0v) is 10.5. The molecule has 0 aliphatic carbocycles. The molecule has 1 aromatic rings. The molecule has 0 aromatic heterocycles. The predicted molar refractivity (Wildman–Crippen MR) is 66.7 cm³/mol. The Bertz CT molecular complexity index is 317. The molecule has 1 rings (SSSR count). The summed E-state index contributed by atoms with van der Waals surface area (Å²) in [5, 5.41) is 10.3. The Morgan fingerprint density at radius 1 is 1.47 bits per heavy atom. The molecule has 0 bridgehead atoms. The molecule has 0 heterocycles. The molecule has 1 aromatic carbocycles. The number of aryl methyl sites for hydroxylation is 1. The summed E-state index contributed by atoms with van der Waals surface area (Å²) in [5.41, 5.74) is 7.89. The van der Waals surface area contributed by atoms with Crippen LogP contribution in [0.4, 0.5) is 0 Å². The lowest BCUT2D eigenvalue weighted by Gasteiger charge is -2.19. The summed E-state index contributed by atoms with van der Waals surface area (Å²) in [6.45, 7) is 3.86. The van der Waals surface area contributed by atoms with Crippen molar-refractivity contribution < 1.29 is 5.11 Å². The van der Waals surface area contributed by atoms with Crippen LogP contribution in [-0.4, -0.2) is 11.2 Å². The van der Waals surface area contributed by atoms with Crippen molar-refractivity contribution in [1.29, 1.82) is 0 Å². The molecule has 0 unspecified atom stereocenters. The fourth-order valence-corrected chi connectivity index (χ4v) is 1.70. The van der Waals surface area contributed by atoms with E-state index in [0.717, 1.165) is 11.1 Å². The first-order valence-corrected chi connectivity index (χ1v) is 5.13. The molecule has 3 N–H and O–H groups in total. The first-order valence-electron chi connectivity index (χ1n) is 4.76. The molecular weight excluding hydrogens is 233 g/mol. The third-order valence-electron chi connectivity index (χ3n) is 2.42. The zero-order chi connectivity index (χ0) is 10.7. The van der Waals surface area contributed by atoms with Gasteiger partial charge in [-0.25, -0.2) is 0 Å². The Kier molecular flexibility index (Phi) is 6.22. The fourth-order valence-electron chi connectivity index (χ4n) is 1.47. The maximum absolute atomic E-state index is 9.62. The Balaban J connectivity index is 0.00000196. The average molecular weight is 250 g/mol. The molecule has 0 amide bonds. The molecule has 0 saturated heterocycles. The highest BCUT2D eigenvalue weighted by Gasteiger charge is 2.16. The van der Waals surface area contributed by atoms with Gasteiger partial charge in [0.15, 0.2) is 0 Å². The van der Waals surface area contributed by atoms with Gasteiger partial charge in [0.05, 0.1) is 12.1 Å². The third-order valence-corrected chi connectivity index (χ3v) is 2.66. The van der Waals surface area contributed by atoms with Crippen molar-refractivity contribution in [3.63, 3.8) is 0 Å². The highest BCUT2D eigenvalue weighted by Crippen LogP contribution is 2.22. The zero-order valence-electron chi connectivity index (χ0n) is 8.90. The molecule has 0 aliphatic heterocycles. The van der Waals surface area contributed by atoms with E-state index < -0.39 is 6.10 Å².